The quantitative estimate of drug-likeness (QED) is 0.471. The van der Waals surface area contributed by atoms with Gasteiger partial charge in [-0.2, -0.15) is 5.10 Å². The number of aromatic nitrogens is 6. The number of ether oxygens (including phenoxy) is 1. The van der Waals surface area contributed by atoms with Gasteiger partial charge in [-0.1, -0.05) is 5.16 Å². The number of alkyl halides is 3. The number of nitrogens with one attached hydrogen (secondary N) is 1. The number of imidazole rings is 1. The predicted octanol–water partition coefficient (Wildman–Crippen LogP) is 2.90. The second-order valence-electron chi connectivity index (χ2n) is 12.0. The highest BCUT2D eigenvalue weighted by atomic mass is 19.3. The smallest absolute Gasteiger partial charge is 0.276 e. The average molecular weight is 575 g/mol. The van der Waals surface area contributed by atoms with Crippen molar-refractivity contribution in [2.75, 3.05) is 19.8 Å². The van der Waals surface area contributed by atoms with E-state index in [0.29, 0.717) is 30.2 Å². The van der Waals surface area contributed by atoms with Crippen molar-refractivity contribution in [3.63, 3.8) is 0 Å². The summed E-state index contributed by atoms with van der Waals surface area (Å²) in [5.74, 6) is -3.46. The molecule has 4 heterocycles. The number of aryl methyl sites for hydroxylation is 1. The number of fused-ring (bicyclic) bond motifs is 1. The molecule has 12 nitrogen and oxygen atoms in total. The summed E-state index contributed by atoms with van der Waals surface area (Å²) in [4.78, 5) is 37.4. The maximum absolute atomic E-state index is 14.2. The summed E-state index contributed by atoms with van der Waals surface area (Å²) in [6.45, 7) is 2.55. The van der Waals surface area contributed by atoms with Crippen LogP contribution in [0.5, 0.6) is 0 Å². The zero-order chi connectivity index (χ0) is 28.6. The van der Waals surface area contributed by atoms with E-state index in [1.165, 1.54) is 10.7 Å². The molecule has 8 rings (SSSR count). The van der Waals surface area contributed by atoms with Crippen molar-refractivity contribution in [3.05, 3.63) is 35.2 Å². The number of carbonyl (C=O) groups is 2. The first-order valence-corrected chi connectivity index (χ1v) is 13.8. The van der Waals surface area contributed by atoms with Crippen molar-refractivity contribution in [1.29, 1.82) is 0 Å². The molecular weight excluding hydrogens is 545 g/mol. The van der Waals surface area contributed by atoms with Gasteiger partial charge in [0.2, 0.25) is 11.8 Å². The Morgan fingerprint density at radius 3 is 2.56 bits per heavy atom. The van der Waals surface area contributed by atoms with Crippen LogP contribution in [0.25, 0.3) is 5.78 Å². The molecule has 5 fully saturated rings. The van der Waals surface area contributed by atoms with E-state index in [1.807, 2.05) is 0 Å². The number of morpholine rings is 1. The Morgan fingerprint density at radius 1 is 1.12 bits per heavy atom. The van der Waals surface area contributed by atoms with Gasteiger partial charge in [0.05, 0.1) is 54.5 Å². The van der Waals surface area contributed by atoms with Crippen molar-refractivity contribution in [2.45, 2.75) is 75.5 Å². The lowest BCUT2D eigenvalue weighted by molar-refractivity contribution is -0.226. The molecule has 218 valence electrons. The summed E-state index contributed by atoms with van der Waals surface area (Å²) in [6.07, 6.45) is 3.73. The largest absolute Gasteiger partial charge is 0.377 e. The van der Waals surface area contributed by atoms with Gasteiger partial charge in [0, 0.05) is 19.4 Å². The van der Waals surface area contributed by atoms with Gasteiger partial charge in [-0.15, -0.1) is 0 Å². The lowest BCUT2D eigenvalue weighted by Crippen LogP contribution is -2.71. The van der Waals surface area contributed by atoms with Crippen molar-refractivity contribution in [1.82, 2.24) is 40.1 Å². The molecule has 1 aliphatic heterocycles. The monoisotopic (exact) mass is 574 g/mol. The maximum atomic E-state index is 14.2. The summed E-state index contributed by atoms with van der Waals surface area (Å²) in [6, 6.07) is -1.22. The van der Waals surface area contributed by atoms with Gasteiger partial charge in [-0.25, -0.2) is 32.3 Å². The highest BCUT2D eigenvalue weighted by molar-refractivity contribution is 5.93. The summed E-state index contributed by atoms with van der Waals surface area (Å²) < 4.78 is 53.8. The minimum Gasteiger partial charge on any atom is -0.377 e. The number of hydrogen-bond acceptors (Lipinski definition) is 9. The summed E-state index contributed by atoms with van der Waals surface area (Å²) in [7, 11) is 0. The highest BCUT2D eigenvalue weighted by Crippen LogP contribution is 2.70. The van der Waals surface area contributed by atoms with Crippen LogP contribution in [0, 0.1) is 18.3 Å². The van der Waals surface area contributed by atoms with E-state index < -0.39 is 35.0 Å². The van der Waals surface area contributed by atoms with E-state index in [0.717, 1.165) is 0 Å². The van der Waals surface area contributed by atoms with Gasteiger partial charge in [-0.05, 0) is 50.1 Å². The fourth-order valence-electron chi connectivity index (χ4n) is 6.88. The fraction of sp³-hybridized carbons (Fsp3) is 0.654. The summed E-state index contributed by atoms with van der Waals surface area (Å²) in [5, 5.41) is 14.6. The SMILES string of the molecule is Cc1nonc1C(=O)N[C@H](c1cn2ncc([C@H]3COCCN3C(=O)C34CC(F)(C3)C4)nc2n1)C1CCC(F)(F)CC1. The first-order chi connectivity index (χ1) is 19.5. The number of carbonyl (C=O) groups excluding carboxylic acids is 2. The third-order valence-corrected chi connectivity index (χ3v) is 9.09. The zero-order valence-electron chi connectivity index (χ0n) is 22.4. The van der Waals surface area contributed by atoms with Crippen LogP contribution >= 0.6 is 0 Å². The van der Waals surface area contributed by atoms with Crippen molar-refractivity contribution in [3.8, 4) is 0 Å². The molecule has 1 N–H and O–H groups in total. The Labute approximate surface area is 232 Å². The molecule has 4 saturated carbocycles. The molecule has 4 aliphatic carbocycles. The third-order valence-electron chi connectivity index (χ3n) is 9.09. The lowest BCUT2D eigenvalue weighted by atomic mass is 9.42. The molecule has 0 radical (unpaired) electrons. The summed E-state index contributed by atoms with van der Waals surface area (Å²) >= 11 is 0. The molecule has 0 aromatic carbocycles. The molecule has 5 aliphatic rings. The van der Waals surface area contributed by atoms with Crippen LogP contribution in [0.3, 0.4) is 0 Å². The van der Waals surface area contributed by atoms with E-state index >= 15 is 0 Å². The van der Waals surface area contributed by atoms with Crippen LogP contribution in [-0.4, -0.2) is 78.0 Å². The van der Waals surface area contributed by atoms with Crippen molar-refractivity contribution in [2.24, 2.45) is 11.3 Å². The molecular formula is C26H29F3N8O4. The molecule has 15 heteroatoms. The van der Waals surface area contributed by atoms with E-state index in [4.69, 9.17) is 4.74 Å². The normalized spacial score (nSPS) is 30.0. The summed E-state index contributed by atoms with van der Waals surface area (Å²) in [5.41, 5.74) is -0.619. The first kappa shape index (κ1) is 26.3. The molecule has 2 atom stereocenters. The van der Waals surface area contributed by atoms with Crippen molar-refractivity contribution < 1.29 is 32.1 Å². The van der Waals surface area contributed by atoms with Crippen LogP contribution in [0.1, 0.15) is 84.6 Å². The molecule has 3 aromatic rings. The van der Waals surface area contributed by atoms with Gasteiger partial charge in [0.15, 0.2) is 5.69 Å². The Balaban J connectivity index is 1.17. The van der Waals surface area contributed by atoms with Crippen LogP contribution in [0.15, 0.2) is 17.0 Å². The minimum atomic E-state index is -2.75. The first-order valence-electron chi connectivity index (χ1n) is 13.8. The van der Waals surface area contributed by atoms with Crippen molar-refractivity contribution >= 4 is 17.6 Å². The number of rotatable bonds is 6. The van der Waals surface area contributed by atoms with Gasteiger partial charge >= 0.3 is 0 Å². The Bertz CT molecular complexity index is 1500. The van der Waals surface area contributed by atoms with E-state index in [2.05, 4.69) is 35.3 Å². The highest BCUT2D eigenvalue weighted by Gasteiger charge is 2.73. The number of halogens is 3. The van der Waals surface area contributed by atoms with Crippen LogP contribution in [0.4, 0.5) is 13.2 Å². The van der Waals surface area contributed by atoms with E-state index in [-0.39, 0.29) is 74.8 Å². The fourth-order valence-corrected chi connectivity index (χ4v) is 6.88. The van der Waals surface area contributed by atoms with Gasteiger partial charge < -0.3 is 15.0 Å². The molecule has 1 saturated heterocycles. The predicted molar refractivity (Wildman–Crippen MR) is 132 cm³/mol. The topological polar surface area (TPSA) is 141 Å². The number of hydrogen-bond donors (Lipinski definition) is 1. The van der Waals surface area contributed by atoms with Crippen LogP contribution < -0.4 is 5.32 Å². The minimum absolute atomic E-state index is 0.00268. The Kier molecular flexibility index (Phi) is 5.89. The molecule has 2 bridgehead atoms. The molecule has 2 amide bonds. The third kappa shape index (κ3) is 4.44. The molecule has 41 heavy (non-hydrogen) atoms. The Hall–Kier alpha value is -3.62. The van der Waals surface area contributed by atoms with Crippen LogP contribution in [0.2, 0.25) is 0 Å². The van der Waals surface area contributed by atoms with E-state index in [9.17, 15) is 22.8 Å². The second kappa shape index (κ2) is 9.19. The standard InChI is InChI=1S/C26H29F3N8O4/c1-14-19(35-41-34-14)21(38)33-20(15-2-4-26(28,29)5-3-15)17-9-37-23(32-17)31-16(8-30-37)18-10-40-7-6-36(18)22(39)24-11-25(27,12-24)13-24/h8-9,15,18,20H,2-7,10-13H2,1H3,(H,33,38)/t18-,20+,24?,25?/m1/s1. The van der Waals surface area contributed by atoms with Gasteiger partial charge in [0.25, 0.3) is 11.7 Å². The average Bonchev–Trinajstić information content (AvgIpc) is 3.54. The molecule has 3 aromatic heterocycles. The van der Waals surface area contributed by atoms with Gasteiger partial charge in [-0.3, -0.25) is 9.59 Å². The lowest BCUT2D eigenvalue weighted by Gasteiger charge is -2.65. The Morgan fingerprint density at radius 2 is 1.88 bits per heavy atom. The zero-order valence-corrected chi connectivity index (χ0v) is 22.4. The number of amides is 2. The number of nitrogens with zero attached hydrogens (tertiary/aromatic N) is 7. The van der Waals surface area contributed by atoms with Crippen LogP contribution in [-0.2, 0) is 9.53 Å². The van der Waals surface area contributed by atoms with E-state index in [1.54, 1.807) is 18.0 Å². The molecule has 0 unspecified atom stereocenters. The molecule has 0 spiro atoms. The van der Waals surface area contributed by atoms with Gasteiger partial charge in [0.1, 0.15) is 11.4 Å². The second-order valence-corrected chi connectivity index (χ2v) is 12.0. The maximum Gasteiger partial charge on any atom is 0.276 e.